The second-order valence-corrected chi connectivity index (χ2v) is 8.13. The molecule has 0 aliphatic carbocycles. The van der Waals surface area contributed by atoms with Crippen LogP contribution in [0, 0.1) is 6.92 Å². The van der Waals surface area contributed by atoms with Crippen molar-refractivity contribution >= 4 is 28.2 Å². The van der Waals surface area contributed by atoms with E-state index in [4.69, 9.17) is 9.15 Å². The van der Waals surface area contributed by atoms with E-state index in [9.17, 15) is 9.59 Å². The Labute approximate surface area is 167 Å². The predicted octanol–water partition coefficient (Wildman–Crippen LogP) is 4.61. The van der Waals surface area contributed by atoms with Gasteiger partial charge in [0.15, 0.2) is 6.10 Å². The van der Waals surface area contributed by atoms with Crippen LogP contribution in [0.2, 0.25) is 0 Å². The Kier molecular flexibility index (Phi) is 5.22. The zero-order valence-corrected chi connectivity index (χ0v) is 16.9. The molecule has 3 aromatic rings. The topological polar surface area (TPSA) is 59.8 Å². The van der Waals surface area contributed by atoms with Gasteiger partial charge in [0.1, 0.15) is 11.3 Å². The van der Waals surface area contributed by atoms with Crippen molar-refractivity contribution < 1.29 is 13.9 Å². The Hall–Kier alpha value is -2.60. The van der Waals surface area contributed by atoms with Crippen LogP contribution in [0.3, 0.4) is 0 Å². The molecule has 0 N–H and O–H groups in total. The Morgan fingerprint density at radius 1 is 1.18 bits per heavy atom. The lowest BCUT2D eigenvalue weighted by Crippen LogP contribution is -2.43. The Morgan fingerprint density at radius 2 is 1.96 bits per heavy atom. The normalized spacial score (nSPS) is 15.6. The van der Waals surface area contributed by atoms with E-state index in [0.717, 1.165) is 47.3 Å². The number of ether oxygens (including phenoxy) is 1. The minimum absolute atomic E-state index is 0.00390. The zero-order chi connectivity index (χ0) is 19.7. The van der Waals surface area contributed by atoms with Gasteiger partial charge in [0, 0.05) is 41.0 Å². The maximum absolute atomic E-state index is 12.6. The van der Waals surface area contributed by atoms with E-state index < -0.39 is 11.7 Å². The van der Waals surface area contributed by atoms with Gasteiger partial charge in [-0.2, -0.15) is 0 Å². The maximum Gasteiger partial charge on any atom is 0.336 e. The molecule has 146 valence electrons. The summed E-state index contributed by atoms with van der Waals surface area (Å²) in [6, 6.07) is 8.98. The first-order valence-electron chi connectivity index (χ1n) is 9.61. The molecule has 0 radical (unpaired) electrons. The van der Waals surface area contributed by atoms with E-state index in [1.165, 1.54) is 12.5 Å². The molecule has 1 aliphatic rings. The molecule has 0 spiro atoms. The first kappa shape index (κ1) is 18.7. The lowest BCUT2D eigenvalue weighted by Gasteiger charge is -2.29. The van der Waals surface area contributed by atoms with Gasteiger partial charge in [-0.15, -0.1) is 11.3 Å². The van der Waals surface area contributed by atoms with Crippen LogP contribution in [0.5, 0.6) is 5.75 Å². The molecule has 0 saturated carbocycles. The Morgan fingerprint density at radius 3 is 2.68 bits per heavy atom. The van der Waals surface area contributed by atoms with Gasteiger partial charge < -0.3 is 14.1 Å². The summed E-state index contributed by atoms with van der Waals surface area (Å²) < 4.78 is 11.3. The highest BCUT2D eigenvalue weighted by atomic mass is 32.1. The molecule has 1 aromatic carbocycles. The number of hydrogen-bond acceptors (Lipinski definition) is 5. The SMILES string of the molecule is Cc1ccsc1-c1cc(=O)oc2cc(OC(C)C(=O)N3CCCCC3)ccc12. The van der Waals surface area contributed by atoms with E-state index in [1.54, 1.807) is 24.3 Å². The number of amides is 1. The monoisotopic (exact) mass is 397 g/mol. The van der Waals surface area contributed by atoms with E-state index >= 15 is 0 Å². The standard InChI is InChI=1S/C22H23NO4S/c1-14-8-11-28-21(14)18-13-20(24)27-19-12-16(6-7-17(18)19)26-15(2)22(25)23-9-4-3-5-10-23/h6-8,11-13,15H,3-5,9-10H2,1-2H3. The van der Waals surface area contributed by atoms with E-state index in [2.05, 4.69) is 0 Å². The number of piperidine rings is 1. The highest BCUT2D eigenvalue weighted by Gasteiger charge is 2.23. The highest BCUT2D eigenvalue weighted by Crippen LogP contribution is 2.35. The first-order chi connectivity index (χ1) is 13.5. The molecule has 0 bridgehead atoms. The molecule has 2 aromatic heterocycles. The van der Waals surface area contributed by atoms with E-state index in [0.29, 0.717) is 11.3 Å². The Balaban J connectivity index is 1.62. The number of rotatable bonds is 4. The average molecular weight is 397 g/mol. The summed E-state index contributed by atoms with van der Waals surface area (Å²) in [5.41, 5.74) is 2.05. The van der Waals surface area contributed by atoms with Crippen LogP contribution in [0.15, 0.2) is 44.9 Å². The second-order valence-electron chi connectivity index (χ2n) is 7.22. The summed E-state index contributed by atoms with van der Waals surface area (Å²) in [5, 5.41) is 2.86. The van der Waals surface area contributed by atoms with Crippen molar-refractivity contribution in [1.29, 1.82) is 0 Å². The fourth-order valence-electron chi connectivity index (χ4n) is 3.68. The number of likely N-dealkylation sites (tertiary alicyclic amines) is 1. The molecule has 1 unspecified atom stereocenters. The molecule has 1 aliphatic heterocycles. The van der Waals surface area contributed by atoms with Crippen LogP contribution >= 0.6 is 11.3 Å². The van der Waals surface area contributed by atoms with E-state index in [-0.39, 0.29) is 5.91 Å². The molecule has 28 heavy (non-hydrogen) atoms. The predicted molar refractivity (Wildman–Crippen MR) is 111 cm³/mol. The number of carbonyl (C=O) groups is 1. The number of benzene rings is 1. The fraction of sp³-hybridized carbons (Fsp3) is 0.364. The van der Waals surface area contributed by atoms with Gasteiger partial charge in [-0.3, -0.25) is 4.79 Å². The van der Waals surface area contributed by atoms with Crippen molar-refractivity contribution in [2.45, 2.75) is 39.2 Å². The van der Waals surface area contributed by atoms with E-state index in [1.807, 2.05) is 35.4 Å². The van der Waals surface area contributed by atoms with Crippen LogP contribution in [0.1, 0.15) is 31.7 Å². The number of hydrogen-bond donors (Lipinski definition) is 0. The Bertz CT molecular complexity index is 1060. The fourth-order valence-corrected chi connectivity index (χ4v) is 4.64. The van der Waals surface area contributed by atoms with Gasteiger partial charge in [0.2, 0.25) is 0 Å². The summed E-state index contributed by atoms with van der Waals surface area (Å²) in [5.74, 6) is 0.526. The summed E-state index contributed by atoms with van der Waals surface area (Å²) in [7, 11) is 0. The highest BCUT2D eigenvalue weighted by molar-refractivity contribution is 7.13. The van der Waals surface area contributed by atoms with Gasteiger partial charge in [-0.1, -0.05) is 0 Å². The number of fused-ring (bicyclic) bond motifs is 1. The molecule has 1 fully saturated rings. The summed E-state index contributed by atoms with van der Waals surface area (Å²) in [6.07, 6.45) is 2.69. The summed E-state index contributed by atoms with van der Waals surface area (Å²) >= 11 is 1.60. The molecule has 1 saturated heterocycles. The van der Waals surface area contributed by atoms with Crippen LogP contribution in [-0.2, 0) is 4.79 Å². The van der Waals surface area contributed by atoms with Gasteiger partial charge in [-0.25, -0.2) is 4.79 Å². The molecule has 1 atom stereocenters. The van der Waals surface area contributed by atoms with Gasteiger partial charge in [-0.05, 0) is 62.3 Å². The summed E-state index contributed by atoms with van der Waals surface area (Å²) in [6.45, 7) is 5.38. The third-order valence-electron chi connectivity index (χ3n) is 5.15. The van der Waals surface area contributed by atoms with Crippen LogP contribution in [0.4, 0.5) is 0 Å². The molecule has 3 heterocycles. The van der Waals surface area contributed by atoms with Gasteiger partial charge in [0.05, 0.1) is 0 Å². The quantitative estimate of drug-likeness (QED) is 0.603. The molecular formula is C22H23NO4S. The zero-order valence-electron chi connectivity index (χ0n) is 16.1. The molecule has 6 heteroatoms. The van der Waals surface area contributed by atoms with Crippen molar-refractivity contribution in [3.8, 4) is 16.2 Å². The number of thiophene rings is 1. The number of aryl methyl sites for hydroxylation is 1. The van der Waals surface area contributed by atoms with Gasteiger partial charge in [0.25, 0.3) is 5.91 Å². The first-order valence-corrected chi connectivity index (χ1v) is 10.5. The van der Waals surface area contributed by atoms with Crippen LogP contribution in [0.25, 0.3) is 21.4 Å². The summed E-state index contributed by atoms with van der Waals surface area (Å²) in [4.78, 5) is 27.6. The minimum atomic E-state index is -0.579. The molecule has 1 amide bonds. The third-order valence-corrected chi connectivity index (χ3v) is 6.20. The van der Waals surface area contributed by atoms with Crippen molar-refractivity contribution in [3.05, 3.63) is 51.7 Å². The van der Waals surface area contributed by atoms with Crippen LogP contribution < -0.4 is 10.4 Å². The molecule has 4 rings (SSSR count). The smallest absolute Gasteiger partial charge is 0.336 e. The van der Waals surface area contributed by atoms with Gasteiger partial charge >= 0.3 is 5.63 Å². The second kappa shape index (κ2) is 7.80. The minimum Gasteiger partial charge on any atom is -0.481 e. The largest absolute Gasteiger partial charge is 0.481 e. The third kappa shape index (κ3) is 3.69. The molecule has 5 nitrogen and oxygen atoms in total. The van der Waals surface area contributed by atoms with Crippen molar-refractivity contribution in [3.63, 3.8) is 0 Å². The number of carbonyl (C=O) groups excluding carboxylic acids is 1. The lowest BCUT2D eigenvalue weighted by molar-refractivity contribution is -0.138. The van der Waals surface area contributed by atoms with Crippen molar-refractivity contribution in [1.82, 2.24) is 4.90 Å². The van der Waals surface area contributed by atoms with Crippen molar-refractivity contribution in [2.24, 2.45) is 0 Å². The van der Waals surface area contributed by atoms with Crippen molar-refractivity contribution in [2.75, 3.05) is 13.1 Å². The average Bonchev–Trinajstić information content (AvgIpc) is 3.12. The van der Waals surface area contributed by atoms with Crippen LogP contribution in [-0.4, -0.2) is 30.0 Å². The molecular weight excluding hydrogens is 374 g/mol. The number of nitrogens with zero attached hydrogens (tertiary/aromatic N) is 1. The lowest BCUT2D eigenvalue weighted by atomic mass is 10.1. The maximum atomic E-state index is 12.6.